The maximum absolute atomic E-state index is 14.2. The first-order valence-corrected chi connectivity index (χ1v) is 15.3. The number of nitrogens with one attached hydrogen (secondary N) is 1. The monoisotopic (exact) mass is 608 g/mol. The van der Waals surface area contributed by atoms with Crippen LogP contribution in [0.1, 0.15) is 31.2 Å². The number of allylic oxidation sites excluding steroid dienone is 2. The molecule has 2 fully saturated rings. The number of aliphatic imine (C=N–C) groups is 1. The number of aromatic nitrogens is 2. The molecule has 234 valence electrons. The van der Waals surface area contributed by atoms with Gasteiger partial charge in [0.1, 0.15) is 17.7 Å². The standard InChI is InChI=1S/C32H38F2N6O4/c1-42-23-10-6-21(7-11-23)14-15-35-31(41)22-8-12-24(13-9-22)44-28-20-27(37-32(38-28)39-16-18-43-19-17-39)40-26-5-3-2-4-25(26)36-30(40)29(33)34/h2-7,10-11,20,22,24-26,29H,8-9,12-19H2,1H3,(H,35,41). The number of morpholine rings is 1. The van der Waals surface area contributed by atoms with Crippen LogP contribution in [0.4, 0.5) is 20.5 Å². The second-order valence-corrected chi connectivity index (χ2v) is 11.4. The van der Waals surface area contributed by atoms with Gasteiger partial charge in [0, 0.05) is 31.6 Å². The van der Waals surface area contributed by atoms with Crippen LogP contribution >= 0.6 is 0 Å². The second kappa shape index (κ2) is 13.7. The van der Waals surface area contributed by atoms with Gasteiger partial charge in [-0.25, -0.2) is 8.78 Å². The van der Waals surface area contributed by atoms with Crippen LogP contribution < -0.4 is 24.6 Å². The fourth-order valence-corrected chi connectivity index (χ4v) is 6.11. The summed E-state index contributed by atoms with van der Waals surface area (Å²) in [6, 6.07) is 8.66. The van der Waals surface area contributed by atoms with E-state index in [1.807, 2.05) is 53.5 Å². The summed E-state index contributed by atoms with van der Waals surface area (Å²) in [5.41, 5.74) is 1.14. The first kappa shape index (κ1) is 30.0. The van der Waals surface area contributed by atoms with Gasteiger partial charge in [0.25, 0.3) is 6.43 Å². The number of methoxy groups -OCH3 is 1. The third kappa shape index (κ3) is 6.85. The quantitative estimate of drug-likeness (QED) is 0.433. The molecule has 10 nitrogen and oxygen atoms in total. The third-order valence-electron chi connectivity index (χ3n) is 8.52. The van der Waals surface area contributed by atoms with Crippen molar-refractivity contribution in [3.8, 4) is 11.6 Å². The normalized spacial score (nSPS) is 24.7. The number of rotatable bonds is 10. The molecule has 1 saturated heterocycles. The summed E-state index contributed by atoms with van der Waals surface area (Å²) < 4.78 is 45.4. The topological polar surface area (TPSA) is 101 Å². The number of benzene rings is 1. The highest BCUT2D eigenvalue weighted by Crippen LogP contribution is 2.34. The van der Waals surface area contributed by atoms with Crippen LogP contribution in [0.3, 0.4) is 0 Å². The van der Waals surface area contributed by atoms with Crippen LogP contribution in [0.15, 0.2) is 59.6 Å². The van der Waals surface area contributed by atoms with E-state index in [1.54, 1.807) is 13.2 Å². The molecule has 2 aromatic rings. The SMILES string of the molecule is COc1ccc(CCNC(=O)C2CCC(Oc3cc(N4C(C(F)F)=NC5C=CC=CC54)nc(N4CCOCC4)n3)CC2)cc1. The predicted octanol–water partition coefficient (Wildman–Crippen LogP) is 3.97. The minimum atomic E-state index is -2.76. The largest absolute Gasteiger partial charge is 0.497 e. The Hall–Kier alpha value is -4.06. The van der Waals surface area contributed by atoms with Crippen LogP contribution in [-0.4, -0.2) is 86.3 Å². The van der Waals surface area contributed by atoms with E-state index in [1.165, 1.54) is 4.90 Å². The fourth-order valence-electron chi connectivity index (χ4n) is 6.11. The number of amidine groups is 1. The Morgan fingerprint density at radius 2 is 1.82 bits per heavy atom. The van der Waals surface area contributed by atoms with Crippen molar-refractivity contribution < 1.29 is 27.8 Å². The minimum Gasteiger partial charge on any atom is -0.497 e. The predicted molar refractivity (Wildman–Crippen MR) is 163 cm³/mol. The summed E-state index contributed by atoms with van der Waals surface area (Å²) in [7, 11) is 1.64. The van der Waals surface area contributed by atoms with Gasteiger partial charge in [0.2, 0.25) is 17.7 Å². The van der Waals surface area contributed by atoms with Gasteiger partial charge >= 0.3 is 0 Å². The second-order valence-electron chi connectivity index (χ2n) is 11.4. The maximum Gasteiger partial charge on any atom is 0.295 e. The molecule has 6 rings (SSSR count). The third-order valence-corrected chi connectivity index (χ3v) is 8.52. The molecular formula is C32H38F2N6O4. The number of carbonyl (C=O) groups excluding carboxylic acids is 1. The molecular weight excluding hydrogens is 570 g/mol. The molecule has 3 heterocycles. The fraction of sp³-hybridized carbons (Fsp3) is 0.500. The van der Waals surface area contributed by atoms with E-state index in [4.69, 9.17) is 24.2 Å². The van der Waals surface area contributed by atoms with Gasteiger partial charge in [0.05, 0.1) is 32.4 Å². The lowest BCUT2D eigenvalue weighted by Crippen LogP contribution is -2.42. The Kier molecular flexibility index (Phi) is 9.34. The number of amides is 1. The summed E-state index contributed by atoms with van der Waals surface area (Å²) in [5.74, 6) is 1.55. The number of hydrogen-bond donors (Lipinski definition) is 1. The van der Waals surface area contributed by atoms with Gasteiger partial charge in [0.15, 0.2) is 5.84 Å². The molecule has 1 N–H and O–H groups in total. The Morgan fingerprint density at radius 3 is 2.55 bits per heavy atom. The van der Waals surface area contributed by atoms with Crippen LogP contribution in [-0.2, 0) is 16.0 Å². The average molecular weight is 609 g/mol. The molecule has 2 aliphatic heterocycles. The average Bonchev–Trinajstić information content (AvgIpc) is 3.46. The Labute approximate surface area is 255 Å². The van der Waals surface area contributed by atoms with Gasteiger partial charge < -0.3 is 29.3 Å². The van der Waals surface area contributed by atoms with Crippen LogP contribution in [0.5, 0.6) is 11.6 Å². The van der Waals surface area contributed by atoms with Crippen molar-refractivity contribution in [3.05, 3.63) is 60.2 Å². The van der Waals surface area contributed by atoms with Gasteiger partial charge in [-0.2, -0.15) is 9.97 Å². The molecule has 1 aromatic carbocycles. The van der Waals surface area contributed by atoms with Crippen LogP contribution in [0, 0.1) is 5.92 Å². The number of anilines is 2. The summed E-state index contributed by atoms with van der Waals surface area (Å²) in [6.45, 7) is 2.81. The molecule has 0 radical (unpaired) electrons. The van der Waals surface area contributed by atoms with E-state index in [9.17, 15) is 13.6 Å². The van der Waals surface area contributed by atoms with Gasteiger partial charge in [-0.15, -0.1) is 0 Å². The van der Waals surface area contributed by atoms with E-state index in [0.717, 1.165) is 17.7 Å². The molecule has 1 saturated carbocycles. The summed E-state index contributed by atoms with van der Waals surface area (Å²) in [5, 5.41) is 3.08. The molecule has 2 aliphatic carbocycles. The number of ether oxygens (including phenoxy) is 3. The highest BCUT2D eigenvalue weighted by Gasteiger charge is 2.40. The van der Waals surface area contributed by atoms with Crippen LogP contribution in [0.2, 0.25) is 0 Å². The van der Waals surface area contributed by atoms with Crippen molar-refractivity contribution in [2.45, 2.75) is 56.7 Å². The molecule has 0 bridgehead atoms. The molecule has 1 amide bonds. The van der Waals surface area contributed by atoms with Gasteiger partial charge in [-0.05, 0) is 49.8 Å². The van der Waals surface area contributed by atoms with E-state index in [2.05, 4.69) is 10.3 Å². The van der Waals surface area contributed by atoms with Crippen LogP contribution in [0.25, 0.3) is 0 Å². The molecule has 4 aliphatic rings. The first-order chi connectivity index (χ1) is 21.5. The summed E-state index contributed by atoms with van der Waals surface area (Å²) >= 11 is 0. The zero-order valence-electron chi connectivity index (χ0n) is 24.8. The van der Waals surface area contributed by atoms with E-state index in [0.29, 0.717) is 76.2 Å². The Bertz CT molecular complexity index is 1390. The van der Waals surface area contributed by atoms with Crippen molar-refractivity contribution in [1.29, 1.82) is 0 Å². The zero-order valence-corrected chi connectivity index (χ0v) is 24.8. The van der Waals surface area contributed by atoms with Crippen molar-refractivity contribution >= 4 is 23.5 Å². The molecule has 44 heavy (non-hydrogen) atoms. The van der Waals surface area contributed by atoms with Crippen molar-refractivity contribution in [3.63, 3.8) is 0 Å². The number of fused-ring (bicyclic) bond motifs is 1. The number of carbonyl (C=O) groups is 1. The lowest BCUT2D eigenvalue weighted by molar-refractivity contribution is -0.126. The highest BCUT2D eigenvalue weighted by atomic mass is 19.3. The lowest BCUT2D eigenvalue weighted by Gasteiger charge is -2.32. The van der Waals surface area contributed by atoms with Crippen molar-refractivity contribution in [2.24, 2.45) is 10.9 Å². The Morgan fingerprint density at radius 1 is 1.07 bits per heavy atom. The molecule has 2 unspecified atom stereocenters. The molecule has 1 aromatic heterocycles. The number of halogens is 2. The molecule has 2 atom stereocenters. The molecule has 0 spiro atoms. The van der Waals surface area contributed by atoms with E-state index >= 15 is 0 Å². The lowest BCUT2D eigenvalue weighted by atomic mass is 9.86. The number of alkyl halides is 2. The van der Waals surface area contributed by atoms with Gasteiger partial charge in [-0.1, -0.05) is 36.4 Å². The van der Waals surface area contributed by atoms with Crippen molar-refractivity contribution in [2.75, 3.05) is 49.8 Å². The number of hydrogen-bond acceptors (Lipinski definition) is 9. The smallest absolute Gasteiger partial charge is 0.295 e. The highest BCUT2D eigenvalue weighted by molar-refractivity contribution is 6.02. The molecule has 12 heteroatoms. The Balaban J connectivity index is 1.10. The summed E-state index contributed by atoms with van der Waals surface area (Å²) in [4.78, 5) is 30.1. The van der Waals surface area contributed by atoms with E-state index < -0.39 is 18.5 Å². The number of nitrogens with zero attached hydrogens (tertiary/aromatic N) is 5. The zero-order chi connectivity index (χ0) is 30.5. The van der Waals surface area contributed by atoms with E-state index in [-0.39, 0.29) is 23.8 Å². The minimum absolute atomic E-state index is 0.0628. The first-order valence-electron chi connectivity index (χ1n) is 15.3. The maximum atomic E-state index is 14.2. The van der Waals surface area contributed by atoms with Crippen molar-refractivity contribution in [1.82, 2.24) is 15.3 Å². The van der Waals surface area contributed by atoms with Gasteiger partial charge in [-0.3, -0.25) is 9.79 Å². The summed E-state index contributed by atoms with van der Waals surface area (Å²) in [6.07, 6.45) is 7.96.